The maximum atomic E-state index is 6.37. The molecule has 0 aliphatic carbocycles. The average molecular weight is 266 g/mol. The Morgan fingerprint density at radius 1 is 1.33 bits per heavy atom. The minimum Gasteiger partial charge on any atom is -0.375 e. The highest BCUT2D eigenvalue weighted by molar-refractivity contribution is 6.31. The molecule has 3 rings (SSSR count). The van der Waals surface area contributed by atoms with Crippen LogP contribution < -0.4 is 5.32 Å². The monoisotopic (exact) mass is 265 g/mol. The smallest absolute Gasteiger partial charge is 0.0589 e. The van der Waals surface area contributed by atoms with Crippen LogP contribution in [0.2, 0.25) is 5.02 Å². The van der Waals surface area contributed by atoms with Crippen molar-refractivity contribution in [3.63, 3.8) is 0 Å². The lowest BCUT2D eigenvalue weighted by atomic mass is 9.71. The van der Waals surface area contributed by atoms with Crippen LogP contribution in [0.5, 0.6) is 0 Å². The van der Waals surface area contributed by atoms with E-state index < -0.39 is 0 Å². The minimum absolute atomic E-state index is 0.188. The van der Waals surface area contributed by atoms with E-state index in [4.69, 9.17) is 16.3 Å². The lowest BCUT2D eigenvalue weighted by Crippen LogP contribution is -2.58. The molecule has 0 amide bonds. The number of ether oxygens (including phenoxy) is 1. The molecule has 2 saturated heterocycles. The first-order chi connectivity index (χ1) is 8.70. The predicted molar refractivity (Wildman–Crippen MR) is 74.2 cm³/mol. The van der Waals surface area contributed by atoms with Crippen molar-refractivity contribution in [3.8, 4) is 0 Å². The standard InChI is InChI=1S/C15H20ClNO/c1-11-6-7-12(18-11)8-15(9-17-10-15)13-4-2-3-5-14(13)16/h2-5,11-12,17H,6-10H2,1H3. The van der Waals surface area contributed by atoms with E-state index in [2.05, 4.69) is 24.4 Å². The van der Waals surface area contributed by atoms with Crippen LogP contribution in [0.15, 0.2) is 24.3 Å². The summed E-state index contributed by atoms with van der Waals surface area (Å²) in [5.74, 6) is 0. The van der Waals surface area contributed by atoms with E-state index in [1.165, 1.54) is 18.4 Å². The maximum Gasteiger partial charge on any atom is 0.0589 e. The molecule has 2 fully saturated rings. The SMILES string of the molecule is CC1CCC(CC2(c3ccccc3Cl)CNC2)O1. The van der Waals surface area contributed by atoms with Gasteiger partial charge in [-0.1, -0.05) is 29.8 Å². The molecule has 2 nitrogen and oxygen atoms in total. The van der Waals surface area contributed by atoms with E-state index in [-0.39, 0.29) is 5.41 Å². The van der Waals surface area contributed by atoms with Crippen LogP contribution in [-0.4, -0.2) is 25.3 Å². The third-order valence-electron chi connectivity index (χ3n) is 4.31. The molecule has 2 heterocycles. The summed E-state index contributed by atoms with van der Waals surface area (Å²) in [6.45, 7) is 4.21. The fourth-order valence-electron chi connectivity index (χ4n) is 3.23. The summed E-state index contributed by atoms with van der Waals surface area (Å²) in [5, 5.41) is 4.29. The van der Waals surface area contributed by atoms with Crippen molar-refractivity contribution in [2.24, 2.45) is 0 Å². The fraction of sp³-hybridized carbons (Fsp3) is 0.600. The first-order valence-corrected chi connectivity index (χ1v) is 7.19. The van der Waals surface area contributed by atoms with Crippen LogP contribution in [0.3, 0.4) is 0 Å². The summed E-state index contributed by atoms with van der Waals surface area (Å²) < 4.78 is 5.98. The Morgan fingerprint density at radius 2 is 2.11 bits per heavy atom. The highest BCUT2D eigenvalue weighted by Crippen LogP contribution is 2.40. The Bertz CT molecular complexity index is 430. The second-order valence-corrected chi connectivity index (χ2v) is 6.12. The zero-order chi connectivity index (χ0) is 12.6. The van der Waals surface area contributed by atoms with Gasteiger partial charge in [0.15, 0.2) is 0 Å². The molecule has 2 aliphatic heterocycles. The van der Waals surface area contributed by atoms with Crippen molar-refractivity contribution in [1.29, 1.82) is 0 Å². The van der Waals surface area contributed by atoms with E-state index in [0.717, 1.165) is 24.5 Å². The molecule has 3 heteroatoms. The topological polar surface area (TPSA) is 21.3 Å². The molecule has 0 radical (unpaired) electrons. The van der Waals surface area contributed by atoms with Crippen LogP contribution in [0.25, 0.3) is 0 Å². The van der Waals surface area contributed by atoms with Crippen molar-refractivity contribution in [2.45, 2.75) is 43.8 Å². The van der Waals surface area contributed by atoms with Crippen LogP contribution >= 0.6 is 11.6 Å². The third-order valence-corrected chi connectivity index (χ3v) is 4.64. The van der Waals surface area contributed by atoms with E-state index >= 15 is 0 Å². The third kappa shape index (κ3) is 2.18. The van der Waals surface area contributed by atoms with Gasteiger partial charge in [0, 0.05) is 23.5 Å². The molecule has 1 N–H and O–H groups in total. The molecule has 2 atom stereocenters. The molecule has 2 aliphatic rings. The van der Waals surface area contributed by atoms with Gasteiger partial charge in [-0.2, -0.15) is 0 Å². The molecule has 0 bridgehead atoms. The van der Waals surface area contributed by atoms with Gasteiger partial charge < -0.3 is 10.1 Å². The van der Waals surface area contributed by atoms with Crippen LogP contribution in [0.4, 0.5) is 0 Å². The van der Waals surface area contributed by atoms with Crippen LogP contribution in [0, 0.1) is 0 Å². The average Bonchev–Trinajstić information content (AvgIpc) is 2.71. The first-order valence-electron chi connectivity index (χ1n) is 6.81. The van der Waals surface area contributed by atoms with Crippen molar-refractivity contribution < 1.29 is 4.74 Å². The van der Waals surface area contributed by atoms with Gasteiger partial charge in [0.1, 0.15) is 0 Å². The Balaban J connectivity index is 1.80. The highest BCUT2D eigenvalue weighted by atomic mass is 35.5. The molecular weight excluding hydrogens is 246 g/mol. The summed E-state index contributed by atoms with van der Waals surface area (Å²) in [7, 11) is 0. The van der Waals surface area contributed by atoms with E-state index in [1.54, 1.807) is 0 Å². The highest BCUT2D eigenvalue weighted by Gasteiger charge is 2.43. The van der Waals surface area contributed by atoms with Crippen molar-refractivity contribution in [2.75, 3.05) is 13.1 Å². The number of nitrogens with one attached hydrogen (secondary N) is 1. The minimum atomic E-state index is 0.188. The van der Waals surface area contributed by atoms with Crippen molar-refractivity contribution >= 4 is 11.6 Å². The van der Waals surface area contributed by atoms with E-state index in [9.17, 15) is 0 Å². The first kappa shape index (κ1) is 12.5. The Kier molecular flexibility index (Phi) is 3.35. The number of benzene rings is 1. The Hall–Kier alpha value is -0.570. The summed E-state index contributed by atoms with van der Waals surface area (Å²) in [6.07, 6.45) is 4.29. The quantitative estimate of drug-likeness (QED) is 0.907. The van der Waals surface area contributed by atoms with E-state index in [0.29, 0.717) is 12.2 Å². The van der Waals surface area contributed by atoms with Crippen LogP contribution in [-0.2, 0) is 10.2 Å². The molecule has 0 spiro atoms. The lowest BCUT2D eigenvalue weighted by molar-refractivity contribution is 0.0273. The zero-order valence-corrected chi connectivity index (χ0v) is 11.5. The second-order valence-electron chi connectivity index (χ2n) is 5.71. The largest absolute Gasteiger partial charge is 0.375 e. The summed E-state index contributed by atoms with van der Waals surface area (Å²) in [4.78, 5) is 0. The molecule has 1 aromatic carbocycles. The maximum absolute atomic E-state index is 6.37. The Morgan fingerprint density at radius 3 is 2.67 bits per heavy atom. The van der Waals surface area contributed by atoms with E-state index in [1.807, 2.05) is 12.1 Å². The molecule has 1 aromatic rings. The predicted octanol–water partition coefficient (Wildman–Crippen LogP) is 3.14. The molecule has 98 valence electrons. The number of hydrogen-bond donors (Lipinski definition) is 1. The van der Waals surface area contributed by atoms with Gasteiger partial charge in [-0.25, -0.2) is 0 Å². The molecule has 2 unspecified atom stereocenters. The van der Waals surface area contributed by atoms with Crippen molar-refractivity contribution in [3.05, 3.63) is 34.9 Å². The Labute approximate surface area is 114 Å². The van der Waals surface area contributed by atoms with Crippen molar-refractivity contribution in [1.82, 2.24) is 5.32 Å². The van der Waals surface area contributed by atoms with Gasteiger partial charge in [-0.05, 0) is 37.8 Å². The van der Waals surface area contributed by atoms with Gasteiger partial charge in [-0.15, -0.1) is 0 Å². The molecule has 18 heavy (non-hydrogen) atoms. The van der Waals surface area contributed by atoms with Gasteiger partial charge in [0.25, 0.3) is 0 Å². The molecular formula is C15H20ClNO. The summed E-state index contributed by atoms with van der Waals surface area (Å²) in [6, 6.07) is 8.25. The summed E-state index contributed by atoms with van der Waals surface area (Å²) >= 11 is 6.37. The number of rotatable bonds is 3. The number of hydrogen-bond acceptors (Lipinski definition) is 2. The number of halogens is 1. The zero-order valence-electron chi connectivity index (χ0n) is 10.8. The van der Waals surface area contributed by atoms with Gasteiger partial charge in [0.05, 0.1) is 12.2 Å². The molecule has 0 saturated carbocycles. The lowest BCUT2D eigenvalue weighted by Gasteiger charge is -2.45. The van der Waals surface area contributed by atoms with Gasteiger partial charge in [-0.3, -0.25) is 0 Å². The van der Waals surface area contributed by atoms with Gasteiger partial charge in [0.2, 0.25) is 0 Å². The second kappa shape index (κ2) is 4.84. The summed E-state index contributed by atoms with van der Waals surface area (Å²) in [5.41, 5.74) is 1.47. The van der Waals surface area contributed by atoms with Gasteiger partial charge >= 0.3 is 0 Å². The van der Waals surface area contributed by atoms with Crippen LogP contribution in [0.1, 0.15) is 31.7 Å². The molecule has 0 aromatic heterocycles. The normalized spacial score (nSPS) is 30.1. The fourth-order valence-corrected chi connectivity index (χ4v) is 3.57.